The maximum Gasteiger partial charge on any atom is 0.160 e. The van der Waals surface area contributed by atoms with Crippen molar-refractivity contribution >= 4 is 11.5 Å². The summed E-state index contributed by atoms with van der Waals surface area (Å²) in [6, 6.07) is 6.04. The Kier molecular flexibility index (Phi) is 2.51. The Bertz CT molecular complexity index is 398. The fourth-order valence-electron chi connectivity index (χ4n) is 2.47. The van der Waals surface area contributed by atoms with Crippen molar-refractivity contribution in [2.24, 2.45) is 0 Å². The predicted octanol–water partition coefficient (Wildman–Crippen LogP) is 2.83. The third-order valence-electron chi connectivity index (χ3n) is 3.17. The average molecular weight is 203 g/mol. The molecule has 0 radical (unpaired) electrons. The standard InChI is InChI=1S/C13H17NO/c1-4-14-8-9(2)13-11(10(3)15)6-5-7-12(13)14/h5-7,9H,4,8H2,1-3H3. The lowest BCUT2D eigenvalue weighted by Crippen LogP contribution is -2.20. The molecule has 0 saturated carbocycles. The topological polar surface area (TPSA) is 20.3 Å². The molecule has 2 heteroatoms. The van der Waals surface area contributed by atoms with Gasteiger partial charge in [0.2, 0.25) is 0 Å². The Morgan fingerprint density at radius 1 is 1.53 bits per heavy atom. The van der Waals surface area contributed by atoms with Crippen LogP contribution in [0.3, 0.4) is 0 Å². The highest BCUT2D eigenvalue weighted by Gasteiger charge is 2.27. The molecule has 1 unspecified atom stereocenters. The summed E-state index contributed by atoms with van der Waals surface area (Å²) < 4.78 is 0. The SMILES string of the molecule is CCN1CC(C)c2c(C(C)=O)cccc21. The first-order chi connectivity index (χ1) is 7.15. The second kappa shape index (κ2) is 3.69. The fourth-order valence-corrected chi connectivity index (χ4v) is 2.47. The van der Waals surface area contributed by atoms with Gasteiger partial charge >= 0.3 is 0 Å². The summed E-state index contributed by atoms with van der Waals surface area (Å²) >= 11 is 0. The zero-order valence-corrected chi connectivity index (χ0v) is 9.58. The van der Waals surface area contributed by atoms with E-state index in [1.54, 1.807) is 6.92 Å². The van der Waals surface area contributed by atoms with Crippen LogP contribution in [-0.2, 0) is 0 Å². The summed E-state index contributed by atoms with van der Waals surface area (Å²) in [6.07, 6.45) is 0. The number of nitrogens with zero attached hydrogens (tertiary/aromatic N) is 1. The quantitative estimate of drug-likeness (QED) is 0.689. The second-order valence-electron chi connectivity index (χ2n) is 4.23. The molecule has 0 saturated heterocycles. The van der Waals surface area contributed by atoms with Gasteiger partial charge in [0, 0.05) is 30.3 Å². The van der Waals surface area contributed by atoms with Gasteiger partial charge in [-0.15, -0.1) is 0 Å². The van der Waals surface area contributed by atoms with Gasteiger partial charge < -0.3 is 4.90 Å². The summed E-state index contributed by atoms with van der Waals surface area (Å²) in [4.78, 5) is 13.9. The van der Waals surface area contributed by atoms with Gasteiger partial charge in [-0.2, -0.15) is 0 Å². The molecule has 0 aliphatic carbocycles. The summed E-state index contributed by atoms with van der Waals surface area (Å²) in [6.45, 7) is 8.05. The van der Waals surface area contributed by atoms with Crippen LogP contribution in [0.4, 0.5) is 5.69 Å². The van der Waals surface area contributed by atoms with Crippen LogP contribution in [0.25, 0.3) is 0 Å². The number of Topliss-reactive ketones (excluding diaryl/α,β-unsaturated/α-hetero) is 1. The molecule has 1 atom stereocenters. The van der Waals surface area contributed by atoms with E-state index in [1.807, 2.05) is 12.1 Å². The van der Waals surface area contributed by atoms with Gasteiger partial charge in [-0.05, 0) is 25.5 Å². The minimum absolute atomic E-state index is 0.177. The highest BCUT2D eigenvalue weighted by atomic mass is 16.1. The first-order valence-electron chi connectivity index (χ1n) is 5.54. The van der Waals surface area contributed by atoms with Crippen molar-refractivity contribution in [3.05, 3.63) is 29.3 Å². The van der Waals surface area contributed by atoms with Gasteiger partial charge in [-0.25, -0.2) is 0 Å². The van der Waals surface area contributed by atoms with E-state index in [2.05, 4.69) is 24.8 Å². The van der Waals surface area contributed by atoms with Crippen LogP contribution in [0.5, 0.6) is 0 Å². The summed E-state index contributed by atoms with van der Waals surface area (Å²) in [5, 5.41) is 0. The number of ketones is 1. The molecular weight excluding hydrogens is 186 g/mol. The van der Waals surface area contributed by atoms with Gasteiger partial charge in [0.05, 0.1) is 0 Å². The van der Waals surface area contributed by atoms with Gasteiger partial charge in [0.1, 0.15) is 0 Å². The fraction of sp³-hybridized carbons (Fsp3) is 0.462. The number of benzene rings is 1. The van der Waals surface area contributed by atoms with Crippen molar-refractivity contribution in [3.8, 4) is 0 Å². The summed E-state index contributed by atoms with van der Waals surface area (Å²) in [5.74, 6) is 0.650. The summed E-state index contributed by atoms with van der Waals surface area (Å²) in [5.41, 5.74) is 3.39. The van der Waals surface area contributed by atoms with E-state index in [1.165, 1.54) is 11.3 Å². The van der Waals surface area contributed by atoms with E-state index < -0.39 is 0 Å². The number of fused-ring (bicyclic) bond motifs is 1. The molecule has 2 rings (SSSR count). The number of likely N-dealkylation sites (N-methyl/N-ethyl adjacent to an activating group) is 1. The van der Waals surface area contributed by atoms with E-state index in [9.17, 15) is 4.79 Å². The van der Waals surface area contributed by atoms with Crippen LogP contribution >= 0.6 is 0 Å². The van der Waals surface area contributed by atoms with Crippen molar-refractivity contribution in [1.82, 2.24) is 0 Å². The largest absolute Gasteiger partial charge is 0.371 e. The lowest BCUT2D eigenvalue weighted by atomic mass is 9.95. The normalized spacial score (nSPS) is 19.1. The third-order valence-corrected chi connectivity index (χ3v) is 3.17. The molecular formula is C13H17NO. The number of rotatable bonds is 2. The van der Waals surface area contributed by atoms with Gasteiger partial charge in [-0.1, -0.05) is 19.1 Å². The molecule has 0 spiro atoms. The highest BCUT2D eigenvalue weighted by molar-refractivity contribution is 5.97. The Hall–Kier alpha value is -1.31. The molecule has 0 fully saturated rings. The molecule has 2 nitrogen and oxygen atoms in total. The van der Waals surface area contributed by atoms with E-state index in [-0.39, 0.29) is 5.78 Å². The van der Waals surface area contributed by atoms with Crippen molar-refractivity contribution in [2.75, 3.05) is 18.0 Å². The molecule has 0 N–H and O–H groups in total. The van der Waals surface area contributed by atoms with Crippen LogP contribution in [0, 0.1) is 0 Å². The van der Waals surface area contributed by atoms with E-state index in [0.29, 0.717) is 5.92 Å². The number of carbonyl (C=O) groups excluding carboxylic acids is 1. The average Bonchev–Trinajstić information content (AvgIpc) is 2.55. The lowest BCUT2D eigenvalue weighted by Gasteiger charge is -2.16. The highest BCUT2D eigenvalue weighted by Crippen LogP contribution is 2.38. The van der Waals surface area contributed by atoms with Crippen LogP contribution in [0.15, 0.2) is 18.2 Å². The monoisotopic (exact) mass is 203 g/mol. The maximum absolute atomic E-state index is 11.5. The van der Waals surface area contributed by atoms with E-state index >= 15 is 0 Å². The molecule has 1 aliphatic rings. The molecule has 1 aromatic carbocycles. The predicted molar refractivity (Wildman–Crippen MR) is 62.7 cm³/mol. The smallest absolute Gasteiger partial charge is 0.160 e. The number of anilines is 1. The maximum atomic E-state index is 11.5. The Morgan fingerprint density at radius 2 is 2.27 bits per heavy atom. The molecule has 1 aromatic rings. The van der Waals surface area contributed by atoms with Crippen LogP contribution < -0.4 is 4.90 Å². The Labute approximate surface area is 90.9 Å². The third kappa shape index (κ3) is 1.54. The van der Waals surface area contributed by atoms with Crippen LogP contribution in [0.2, 0.25) is 0 Å². The zero-order chi connectivity index (χ0) is 11.0. The number of carbonyl (C=O) groups is 1. The van der Waals surface area contributed by atoms with Crippen molar-refractivity contribution in [2.45, 2.75) is 26.7 Å². The molecule has 0 amide bonds. The molecule has 15 heavy (non-hydrogen) atoms. The molecule has 0 bridgehead atoms. The lowest BCUT2D eigenvalue weighted by molar-refractivity contribution is 0.101. The summed E-state index contributed by atoms with van der Waals surface area (Å²) in [7, 11) is 0. The van der Waals surface area contributed by atoms with Crippen molar-refractivity contribution in [3.63, 3.8) is 0 Å². The number of hydrogen-bond donors (Lipinski definition) is 0. The first-order valence-corrected chi connectivity index (χ1v) is 5.54. The number of hydrogen-bond acceptors (Lipinski definition) is 2. The van der Waals surface area contributed by atoms with Crippen molar-refractivity contribution < 1.29 is 4.79 Å². The molecule has 1 heterocycles. The van der Waals surface area contributed by atoms with E-state index in [4.69, 9.17) is 0 Å². The molecule has 1 aliphatic heterocycles. The minimum Gasteiger partial charge on any atom is -0.371 e. The minimum atomic E-state index is 0.177. The van der Waals surface area contributed by atoms with Gasteiger partial charge in [-0.3, -0.25) is 4.79 Å². The van der Waals surface area contributed by atoms with E-state index in [0.717, 1.165) is 18.7 Å². The first kappa shape index (κ1) is 10.2. The van der Waals surface area contributed by atoms with Gasteiger partial charge in [0.15, 0.2) is 5.78 Å². The Balaban J connectivity index is 2.56. The van der Waals surface area contributed by atoms with Crippen LogP contribution in [0.1, 0.15) is 42.6 Å². The molecule has 0 aromatic heterocycles. The van der Waals surface area contributed by atoms with Gasteiger partial charge in [0.25, 0.3) is 0 Å². The zero-order valence-electron chi connectivity index (χ0n) is 9.58. The Morgan fingerprint density at radius 3 is 2.87 bits per heavy atom. The molecule has 80 valence electrons. The van der Waals surface area contributed by atoms with Crippen LogP contribution in [-0.4, -0.2) is 18.9 Å². The second-order valence-corrected chi connectivity index (χ2v) is 4.23. The van der Waals surface area contributed by atoms with Crippen molar-refractivity contribution in [1.29, 1.82) is 0 Å².